The van der Waals surface area contributed by atoms with Crippen LogP contribution >= 0.6 is 34.8 Å². The maximum atomic E-state index is 14.2. The van der Waals surface area contributed by atoms with E-state index in [-0.39, 0.29) is 21.8 Å². The van der Waals surface area contributed by atoms with E-state index in [2.05, 4.69) is 10.6 Å². The summed E-state index contributed by atoms with van der Waals surface area (Å²) < 4.78 is 78.9. The van der Waals surface area contributed by atoms with E-state index in [4.69, 9.17) is 40.5 Å². The zero-order valence-corrected chi connectivity index (χ0v) is 20.8. The minimum absolute atomic E-state index is 0.00801. The summed E-state index contributed by atoms with van der Waals surface area (Å²) >= 11 is 18.4. The largest absolute Gasteiger partial charge is 0.416 e. The average Bonchev–Trinajstić information content (AvgIpc) is 3.41. The van der Waals surface area contributed by atoms with Crippen molar-refractivity contribution >= 4 is 63.7 Å². The Kier molecular flexibility index (Phi) is 7.24. The molecule has 1 aliphatic carbocycles. The molecule has 200 valence electrons. The van der Waals surface area contributed by atoms with Gasteiger partial charge in [-0.15, -0.1) is 23.2 Å². The van der Waals surface area contributed by atoms with Crippen LogP contribution in [0.5, 0.6) is 0 Å². The van der Waals surface area contributed by atoms with Gasteiger partial charge in [0.25, 0.3) is 5.91 Å². The van der Waals surface area contributed by atoms with Gasteiger partial charge in [0.15, 0.2) is 5.82 Å². The molecular formula is C24H14Cl3F6N3O2. The number of carbonyl (C=O) groups excluding carboxylic acids is 2. The van der Waals surface area contributed by atoms with Gasteiger partial charge in [0.2, 0.25) is 5.91 Å². The fourth-order valence-corrected chi connectivity index (χ4v) is 4.91. The lowest BCUT2D eigenvalue weighted by Crippen LogP contribution is -2.18. The van der Waals surface area contributed by atoms with E-state index in [1.54, 1.807) is 0 Å². The molecule has 5 nitrogen and oxygen atoms in total. The van der Waals surface area contributed by atoms with E-state index in [1.165, 1.54) is 12.1 Å². The lowest BCUT2D eigenvalue weighted by Gasteiger charge is -2.12. The number of rotatable bonds is 5. The van der Waals surface area contributed by atoms with Crippen LogP contribution < -0.4 is 16.4 Å². The highest BCUT2D eigenvalue weighted by Crippen LogP contribution is 2.65. The summed E-state index contributed by atoms with van der Waals surface area (Å²) in [6.45, 7) is 0. The Bertz CT molecular complexity index is 1470. The molecule has 38 heavy (non-hydrogen) atoms. The number of hydrogen-bond acceptors (Lipinski definition) is 3. The van der Waals surface area contributed by atoms with Gasteiger partial charge in [0.1, 0.15) is 21.7 Å². The Balaban J connectivity index is 1.54. The van der Waals surface area contributed by atoms with Crippen LogP contribution in [0.1, 0.15) is 27.4 Å². The van der Waals surface area contributed by atoms with Crippen molar-refractivity contribution in [1.29, 1.82) is 0 Å². The van der Waals surface area contributed by atoms with Crippen LogP contribution in [-0.2, 0) is 11.0 Å². The number of amides is 2. The van der Waals surface area contributed by atoms with Gasteiger partial charge in [-0.25, -0.2) is 13.2 Å². The third kappa shape index (κ3) is 5.36. The SMILES string of the molecule is Nc1c(F)ccc(NC(=O)c2cc(NC(=O)C3[C@H](c4cc(F)cc(C(F)(F)F)c4)C3(Cl)Cl)ccc2Cl)c1F. The highest BCUT2D eigenvalue weighted by atomic mass is 35.5. The van der Waals surface area contributed by atoms with Crippen molar-refractivity contribution in [3.63, 3.8) is 0 Å². The summed E-state index contributed by atoms with van der Waals surface area (Å²) in [4.78, 5) is 25.6. The average molecular weight is 597 g/mol. The normalized spacial score (nSPS) is 18.1. The van der Waals surface area contributed by atoms with Crippen molar-refractivity contribution in [2.45, 2.75) is 16.4 Å². The van der Waals surface area contributed by atoms with E-state index >= 15 is 0 Å². The molecule has 4 N–H and O–H groups in total. The summed E-state index contributed by atoms with van der Waals surface area (Å²) in [5.74, 6) is -7.60. The summed E-state index contributed by atoms with van der Waals surface area (Å²) in [6.07, 6.45) is -4.84. The third-order valence-corrected chi connectivity index (χ3v) is 7.07. The quantitative estimate of drug-likeness (QED) is 0.166. The van der Waals surface area contributed by atoms with Crippen molar-refractivity contribution in [2.24, 2.45) is 5.92 Å². The zero-order valence-electron chi connectivity index (χ0n) is 18.6. The molecule has 2 amide bonds. The molecule has 1 fully saturated rings. The smallest absolute Gasteiger partial charge is 0.394 e. The predicted octanol–water partition coefficient (Wildman–Crippen LogP) is 7.14. The molecule has 3 aromatic carbocycles. The fraction of sp³-hybridized carbons (Fsp3) is 0.167. The number of benzene rings is 3. The molecule has 1 aliphatic rings. The first-order chi connectivity index (χ1) is 17.6. The number of carbonyl (C=O) groups is 2. The lowest BCUT2D eigenvalue weighted by molar-refractivity contribution is -0.137. The molecule has 2 atom stereocenters. The highest BCUT2D eigenvalue weighted by molar-refractivity contribution is 6.53. The minimum Gasteiger partial charge on any atom is -0.394 e. The standard InChI is InChI=1S/C24H14Cl3F6N3O2/c25-14-2-1-12(8-13(14)21(37)36-16-4-3-15(29)20(34)19(16)30)35-22(38)18-17(23(18,26)27)9-5-10(24(31,32)33)7-11(28)6-9/h1-8,17-18H,34H2,(H,35,38)(H,36,37)/t17-,18?/m0/s1. The zero-order chi connectivity index (χ0) is 28.2. The first-order valence-electron chi connectivity index (χ1n) is 10.5. The number of anilines is 3. The molecular weight excluding hydrogens is 583 g/mol. The van der Waals surface area contributed by atoms with Gasteiger partial charge in [-0.1, -0.05) is 11.6 Å². The molecule has 0 heterocycles. The van der Waals surface area contributed by atoms with E-state index in [0.29, 0.717) is 12.1 Å². The third-order valence-electron chi connectivity index (χ3n) is 5.80. The molecule has 0 aliphatic heterocycles. The Morgan fingerprint density at radius 3 is 2.29 bits per heavy atom. The Morgan fingerprint density at radius 1 is 0.947 bits per heavy atom. The van der Waals surface area contributed by atoms with Crippen LogP contribution in [0.25, 0.3) is 0 Å². The molecule has 14 heteroatoms. The van der Waals surface area contributed by atoms with Crippen molar-refractivity contribution in [3.05, 3.63) is 87.7 Å². The Hall–Kier alpha value is -3.15. The first kappa shape index (κ1) is 27.9. The second-order valence-electron chi connectivity index (χ2n) is 8.36. The van der Waals surface area contributed by atoms with Crippen LogP contribution in [0.15, 0.2) is 48.5 Å². The molecule has 0 spiro atoms. The summed E-state index contributed by atoms with van der Waals surface area (Å²) in [7, 11) is 0. The number of nitrogens with one attached hydrogen (secondary N) is 2. The second-order valence-corrected chi connectivity index (χ2v) is 10.2. The Morgan fingerprint density at radius 2 is 1.63 bits per heavy atom. The van der Waals surface area contributed by atoms with Gasteiger partial charge >= 0.3 is 6.18 Å². The van der Waals surface area contributed by atoms with E-state index in [1.807, 2.05) is 0 Å². The van der Waals surface area contributed by atoms with Gasteiger partial charge in [-0.2, -0.15) is 13.2 Å². The fourth-order valence-electron chi connectivity index (χ4n) is 3.88. The van der Waals surface area contributed by atoms with Gasteiger partial charge in [-0.05, 0) is 54.1 Å². The van der Waals surface area contributed by atoms with Crippen LogP contribution in [0.3, 0.4) is 0 Å². The van der Waals surface area contributed by atoms with E-state index in [0.717, 1.165) is 24.3 Å². The topological polar surface area (TPSA) is 84.2 Å². The van der Waals surface area contributed by atoms with E-state index in [9.17, 15) is 35.9 Å². The molecule has 4 rings (SSSR count). The molecule has 0 aromatic heterocycles. The Labute approximate surface area is 225 Å². The number of nitrogens with two attached hydrogens (primary N) is 1. The predicted molar refractivity (Wildman–Crippen MR) is 131 cm³/mol. The molecule has 1 saturated carbocycles. The van der Waals surface area contributed by atoms with Gasteiger partial charge in [0.05, 0.1) is 27.8 Å². The first-order valence-corrected chi connectivity index (χ1v) is 11.7. The van der Waals surface area contributed by atoms with Gasteiger partial charge in [0, 0.05) is 11.6 Å². The number of nitrogen functional groups attached to an aromatic ring is 1. The number of alkyl halides is 5. The molecule has 0 radical (unpaired) electrons. The summed E-state index contributed by atoms with van der Waals surface area (Å²) in [6, 6.07) is 7.23. The molecule has 0 bridgehead atoms. The molecule has 0 saturated heterocycles. The van der Waals surface area contributed by atoms with Crippen LogP contribution in [0.4, 0.5) is 43.4 Å². The minimum atomic E-state index is -4.84. The summed E-state index contributed by atoms with van der Waals surface area (Å²) in [5.41, 5.74) is 2.34. The monoisotopic (exact) mass is 595 g/mol. The highest BCUT2D eigenvalue weighted by Gasteiger charge is 2.67. The van der Waals surface area contributed by atoms with Crippen molar-refractivity contribution < 1.29 is 35.9 Å². The molecule has 1 unspecified atom stereocenters. The van der Waals surface area contributed by atoms with E-state index < -0.39 is 68.5 Å². The van der Waals surface area contributed by atoms with Crippen LogP contribution in [-0.4, -0.2) is 16.1 Å². The molecule has 3 aromatic rings. The maximum absolute atomic E-state index is 14.2. The maximum Gasteiger partial charge on any atom is 0.416 e. The second kappa shape index (κ2) is 9.87. The van der Waals surface area contributed by atoms with Gasteiger partial charge < -0.3 is 16.4 Å². The van der Waals surface area contributed by atoms with Crippen LogP contribution in [0.2, 0.25) is 5.02 Å². The van der Waals surface area contributed by atoms with Crippen molar-refractivity contribution in [1.82, 2.24) is 0 Å². The van der Waals surface area contributed by atoms with Crippen molar-refractivity contribution in [2.75, 3.05) is 16.4 Å². The lowest BCUT2D eigenvalue weighted by atomic mass is 10.0. The van der Waals surface area contributed by atoms with Crippen molar-refractivity contribution in [3.8, 4) is 0 Å². The van der Waals surface area contributed by atoms with Crippen LogP contribution in [0, 0.1) is 23.4 Å². The number of halogens is 9. The van der Waals surface area contributed by atoms with Gasteiger partial charge in [-0.3, -0.25) is 9.59 Å². The number of hydrogen-bond donors (Lipinski definition) is 3. The summed E-state index contributed by atoms with van der Waals surface area (Å²) in [5, 5.41) is 4.52.